The van der Waals surface area contributed by atoms with Gasteiger partial charge < -0.3 is 14.0 Å². The molecule has 1 fully saturated rings. The standard InChI is InChI=1S/C37H32NO.C22H16F3N2.Ir/c1-37(2)21-18-27(19-22-37)25-14-16-26(17-15-25)29-20-23-38-34(24-29)33-13-7-12-32-31-11-6-10-30(35(31)39-36(32)33)28-8-4-3-5-9-28;1-14-6-5-7-15(2)20(14)27-19-9-4-3-8-18(19)26-21(27)16-10-12-17(13-11-16)22(23,24)25;/h3-12,14-17,20,23-24,27H,18-19,21-22H2,1-2H3;3-10,12-13H,1-2H3;/q2*-1;/i27D;;. The van der Waals surface area contributed by atoms with Gasteiger partial charge in [0.1, 0.15) is 5.58 Å². The Hall–Kier alpha value is -6.60. The van der Waals surface area contributed by atoms with Crippen molar-refractivity contribution in [2.45, 2.75) is 65.4 Å². The molecular weight excluding hydrogens is 1020 g/mol. The first-order valence-electron chi connectivity index (χ1n) is 22.9. The number of rotatable bonds is 6. The second-order valence-corrected chi connectivity index (χ2v) is 18.0. The van der Waals surface area contributed by atoms with E-state index in [1.165, 1.54) is 6.07 Å². The van der Waals surface area contributed by atoms with E-state index < -0.39 is 17.6 Å². The molecule has 0 atom stereocenters. The van der Waals surface area contributed by atoms with Crippen molar-refractivity contribution < 1.29 is 39.1 Å². The first-order chi connectivity index (χ1) is 32.3. The van der Waals surface area contributed by atoms with E-state index in [0.29, 0.717) is 16.8 Å². The van der Waals surface area contributed by atoms with E-state index in [2.05, 4.69) is 110 Å². The number of alkyl halides is 3. The van der Waals surface area contributed by atoms with Gasteiger partial charge in [0, 0.05) is 44.3 Å². The molecule has 3 heterocycles. The summed E-state index contributed by atoms with van der Waals surface area (Å²) in [4.78, 5) is 9.41. The third-order valence-corrected chi connectivity index (χ3v) is 13.0. The molecule has 8 heteroatoms. The molecule has 337 valence electrons. The van der Waals surface area contributed by atoms with Gasteiger partial charge >= 0.3 is 6.18 Å². The summed E-state index contributed by atoms with van der Waals surface area (Å²) in [5, 5.41) is 2.16. The average Bonchev–Trinajstić information content (AvgIpc) is 3.92. The summed E-state index contributed by atoms with van der Waals surface area (Å²) in [6, 6.07) is 56.8. The predicted octanol–water partition coefficient (Wildman–Crippen LogP) is 16.6. The third kappa shape index (κ3) is 9.13. The Balaban J connectivity index is 0.000000180. The third-order valence-electron chi connectivity index (χ3n) is 13.0. The zero-order valence-electron chi connectivity index (χ0n) is 38.6. The van der Waals surface area contributed by atoms with E-state index in [0.717, 1.165) is 127 Å². The molecular formula is C59H48F3IrN3O-2. The van der Waals surface area contributed by atoms with E-state index >= 15 is 0 Å². The minimum Gasteiger partial charge on any atom is -0.500 e. The summed E-state index contributed by atoms with van der Waals surface area (Å²) in [6.45, 7) is 8.67. The van der Waals surface area contributed by atoms with Crippen molar-refractivity contribution in [2.75, 3.05) is 0 Å². The van der Waals surface area contributed by atoms with Crippen molar-refractivity contribution in [1.82, 2.24) is 14.5 Å². The fraction of sp³-hybridized carbons (Fsp3) is 0.186. The second kappa shape index (κ2) is 18.6. The molecule has 0 unspecified atom stereocenters. The number of imidazole rings is 1. The summed E-state index contributed by atoms with van der Waals surface area (Å²) >= 11 is 0. The van der Waals surface area contributed by atoms with Gasteiger partial charge in [0.25, 0.3) is 0 Å². The van der Waals surface area contributed by atoms with Crippen LogP contribution in [0.1, 0.15) is 69.0 Å². The molecule has 1 radical (unpaired) electrons. The Morgan fingerprint density at radius 2 is 1.42 bits per heavy atom. The van der Waals surface area contributed by atoms with Crippen molar-refractivity contribution in [3.05, 3.63) is 198 Å². The van der Waals surface area contributed by atoms with Gasteiger partial charge in [-0.1, -0.05) is 134 Å². The summed E-state index contributed by atoms with van der Waals surface area (Å²) in [5.41, 5.74) is 13.8. The van der Waals surface area contributed by atoms with Gasteiger partial charge in [-0.3, -0.25) is 4.98 Å². The van der Waals surface area contributed by atoms with Gasteiger partial charge in [0.05, 0.1) is 22.4 Å². The van der Waals surface area contributed by atoms with Crippen LogP contribution in [0.5, 0.6) is 0 Å². The molecule has 0 amide bonds. The fourth-order valence-corrected chi connectivity index (χ4v) is 9.29. The summed E-state index contributed by atoms with van der Waals surface area (Å²) < 4.78 is 56.4. The zero-order chi connectivity index (χ0) is 46.5. The molecule has 10 aromatic rings. The van der Waals surface area contributed by atoms with E-state index in [9.17, 15) is 13.2 Å². The van der Waals surface area contributed by atoms with Gasteiger partial charge in [-0.05, 0) is 114 Å². The number of furan rings is 1. The summed E-state index contributed by atoms with van der Waals surface area (Å²) in [7, 11) is 0. The molecule has 0 saturated heterocycles. The number of nitrogens with zero attached hydrogens (tertiary/aromatic N) is 3. The maximum atomic E-state index is 12.9. The molecule has 7 aromatic carbocycles. The topological polar surface area (TPSA) is 43.9 Å². The van der Waals surface area contributed by atoms with Crippen LogP contribution in [0.3, 0.4) is 0 Å². The SMILES string of the molecule is Cc1cccc(C)c1-n1c(-c2[c-]cc(C(F)(F)F)cc2)nc2ccccc21.[2H]C1(c2ccc(-c3ccnc(-c4[c-]ccc5c4oc4c(-c6ccccc6)cccc45)c3)cc2)CCC(C)(C)CC1.[Ir]. The van der Waals surface area contributed by atoms with Crippen LogP contribution in [0.25, 0.3) is 83.6 Å². The van der Waals surface area contributed by atoms with Crippen LogP contribution in [0.15, 0.2) is 168 Å². The minimum atomic E-state index is -4.39. The van der Waals surface area contributed by atoms with Crippen LogP contribution in [0.2, 0.25) is 0 Å². The molecule has 0 N–H and O–H groups in total. The normalized spacial score (nSPS) is 14.6. The molecule has 3 aromatic heterocycles. The monoisotopic (exact) mass is 1070 g/mol. The van der Waals surface area contributed by atoms with E-state index in [-0.39, 0.29) is 20.1 Å². The molecule has 11 rings (SSSR count). The second-order valence-electron chi connectivity index (χ2n) is 18.0. The van der Waals surface area contributed by atoms with Crippen LogP contribution < -0.4 is 0 Å². The van der Waals surface area contributed by atoms with Crippen molar-refractivity contribution in [2.24, 2.45) is 5.41 Å². The fourth-order valence-electron chi connectivity index (χ4n) is 9.29. The number of halogens is 3. The van der Waals surface area contributed by atoms with Gasteiger partial charge in [0.15, 0.2) is 0 Å². The number of fused-ring (bicyclic) bond motifs is 4. The summed E-state index contributed by atoms with van der Waals surface area (Å²) in [6.07, 6.45) is 1.51. The van der Waals surface area contributed by atoms with Gasteiger partial charge in [-0.2, -0.15) is 13.2 Å². The average molecular weight is 1070 g/mol. The van der Waals surface area contributed by atoms with Crippen molar-refractivity contribution >= 4 is 33.0 Å². The molecule has 4 nitrogen and oxygen atoms in total. The molecule has 0 spiro atoms. The number of hydrogen-bond donors (Lipinski definition) is 0. The molecule has 0 aliphatic heterocycles. The Morgan fingerprint density at radius 3 is 2.13 bits per heavy atom. The van der Waals surface area contributed by atoms with E-state index in [1.807, 2.05) is 85.3 Å². The Labute approximate surface area is 404 Å². The maximum absolute atomic E-state index is 12.9. The van der Waals surface area contributed by atoms with Crippen LogP contribution in [0, 0.1) is 31.4 Å². The quantitative estimate of drug-likeness (QED) is 0.156. The van der Waals surface area contributed by atoms with Gasteiger partial charge in [-0.15, -0.1) is 48.0 Å². The van der Waals surface area contributed by atoms with E-state index in [1.54, 1.807) is 0 Å². The number of pyridine rings is 1. The van der Waals surface area contributed by atoms with Gasteiger partial charge in [-0.25, -0.2) is 0 Å². The molecule has 67 heavy (non-hydrogen) atoms. The number of benzene rings is 7. The van der Waals surface area contributed by atoms with Crippen molar-refractivity contribution in [3.63, 3.8) is 0 Å². The predicted molar refractivity (Wildman–Crippen MR) is 261 cm³/mol. The Bertz CT molecular complexity index is 3380. The van der Waals surface area contributed by atoms with Gasteiger partial charge in [0.2, 0.25) is 0 Å². The van der Waals surface area contributed by atoms with Crippen LogP contribution >= 0.6 is 0 Å². The molecule has 1 saturated carbocycles. The summed E-state index contributed by atoms with van der Waals surface area (Å²) in [5.74, 6) is 0.0874. The van der Waals surface area contributed by atoms with Crippen LogP contribution in [-0.4, -0.2) is 14.5 Å². The zero-order valence-corrected chi connectivity index (χ0v) is 40.0. The largest absolute Gasteiger partial charge is 0.500 e. The number of aromatic nitrogens is 3. The number of hydrogen-bond acceptors (Lipinski definition) is 3. The maximum Gasteiger partial charge on any atom is 0.381 e. The first-order valence-corrected chi connectivity index (χ1v) is 22.4. The molecule has 0 bridgehead atoms. The van der Waals surface area contributed by atoms with Crippen molar-refractivity contribution in [3.8, 4) is 50.6 Å². The van der Waals surface area contributed by atoms with Crippen LogP contribution in [-0.2, 0) is 26.3 Å². The minimum absolute atomic E-state index is 0. The molecule has 1 aliphatic rings. The first kappa shape index (κ1) is 44.2. The smallest absolute Gasteiger partial charge is 0.381 e. The van der Waals surface area contributed by atoms with E-state index in [4.69, 9.17) is 10.8 Å². The number of aryl methyl sites for hydroxylation is 2. The molecule has 1 aliphatic carbocycles. The van der Waals surface area contributed by atoms with Crippen molar-refractivity contribution in [1.29, 1.82) is 0 Å². The Morgan fingerprint density at radius 1 is 0.716 bits per heavy atom. The van der Waals surface area contributed by atoms with Crippen LogP contribution in [0.4, 0.5) is 13.2 Å². The number of para-hydroxylation sites is 4. The Kier molecular flexibility index (Phi) is 12.3.